The summed E-state index contributed by atoms with van der Waals surface area (Å²) in [4.78, 5) is 0. The second kappa shape index (κ2) is 4.74. The molecule has 1 unspecified atom stereocenters. The molecule has 0 amide bonds. The van der Waals surface area contributed by atoms with Gasteiger partial charge >= 0.3 is 0 Å². The monoisotopic (exact) mass is 221 g/mol. The van der Waals surface area contributed by atoms with Crippen molar-refractivity contribution >= 4 is 0 Å². The van der Waals surface area contributed by atoms with Gasteiger partial charge in [-0.2, -0.15) is 0 Å². The first kappa shape index (κ1) is 11.3. The van der Waals surface area contributed by atoms with Crippen LogP contribution in [0.25, 0.3) is 0 Å². The molecular formula is C13H19NO2. The van der Waals surface area contributed by atoms with Crippen LogP contribution in [0.5, 0.6) is 11.5 Å². The smallest absolute Gasteiger partial charge is 0.122 e. The summed E-state index contributed by atoms with van der Waals surface area (Å²) in [5.74, 6) is 0.409. The molecule has 1 aliphatic heterocycles. The molecule has 1 saturated heterocycles. The van der Waals surface area contributed by atoms with Gasteiger partial charge in [0.2, 0.25) is 0 Å². The molecule has 16 heavy (non-hydrogen) atoms. The highest BCUT2D eigenvalue weighted by Gasteiger charge is 2.17. The number of aromatic hydroxyl groups is 2. The van der Waals surface area contributed by atoms with E-state index >= 15 is 0 Å². The summed E-state index contributed by atoms with van der Waals surface area (Å²) in [5.41, 5.74) is 1.85. The Labute approximate surface area is 96.1 Å². The van der Waals surface area contributed by atoms with Crippen LogP contribution in [0.15, 0.2) is 12.1 Å². The van der Waals surface area contributed by atoms with Crippen LogP contribution >= 0.6 is 0 Å². The van der Waals surface area contributed by atoms with Crippen LogP contribution in [0.4, 0.5) is 0 Å². The lowest BCUT2D eigenvalue weighted by atomic mass is 10.00. The molecule has 0 bridgehead atoms. The fourth-order valence-electron chi connectivity index (χ4n) is 2.32. The summed E-state index contributed by atoms with van der Waals surface area (Å²) in [6.07, 6.45) is 4.02. The van der Waals surface area contributed by atoms with Crippen molar-refractivity contribution in [1.29, 1.82) is 0 Å². The molecular weight excluding hydrogens is 202 g/mol. The maximum absolute atomic E-state index is 9.78. The summed E-state index contributed by atoms with van der Waals surface area (Å²) >= 11 is 0. The molecule has 2 rings (SSSR count). The maximum Gasteiger partial charge on any atom is 0.122 e. The van der Waals surface area contributed by atoms with E-state index in [2.05, 4.69) is 5.32 Å². The number of hydrogen-bond donors (Lipinski definition) is 3. The van der Waals surface area contributed by atoms with Gasteiger partial charge in [0.15, 0.2) is 0 Å². The third kappa shape index (κ3) is 2.30. The minimum atomic E-state index is 0.197. The highest BCUT2D eigenvalue weighted by Crippen LogP contribution is 2.29. The molecule has 3 nitrogen and oxygen atoms in total. The van der Waals surface area contributed by atoms with Crippen molar-refractivity contribution in [3.63, 3.8) is 0 Å². The number of hydrogen-bond acceptors (Lipinski definition) is 3. The van der Waals surface area contributed by atoms with Crippen LogP contribution in [0.2, 0.25) is 0 Å². The third-order valence-corrected chi connectivity index (χ3v) is 3.29. The van der Waals surface area contributed by atoms with Gasteiger partial charge in [-0.1, -0.05) is 6.92 Å². The molecule has 0 saturated carbocycles. The predicted molar refractivity (Wildman–Crippen MR) is 63.9 cm³/mol. The Hall–Kier alpha value is -1.22. The first-order valence-electron chi connectivity index (χ1n) is 5.97. The quantitative estimate of drug-likeness (QED) is 0.731. The van der Waals surface area contributed by atoms with Gasteiger partial charge in [0.25, 0.3) is 0 Å². The molecule has 1 heterocycles. The standard InChI is InChI=1S/C13H19NO2/c1-2-9-6-10(13(16)8-12(9)15)7-11-4-3-5-14-11/h6,8,11,14-16H,2-5,7H2,1H3. The first-order valence-corrected chi connectivity index (χ1v) is 5.97. The van der Waals surface area contributed by atoms with Crippen LogP contribution < -0.4 is 5.32 Å². The summed E-state index contributed by atoms with van der Waals surface area (Å²) in [6.45, 7) is 3.08. The number of benzene rings is 1. The number of nitrogens with one attached hydrogen (secondary N) is 1. The number of phenols is 2. The maximum atomic E-state index is 9.78. The molecule has 0 spiro atoms. The van der Waals surface area contributed by atoms with E-state index in [0.29, 0.717) is 6.04 Å². The lowest BCUT2D eigenvalue weighted by molar-refractivity contribution is 0.438. The Balaban J connectivity index is 2.18. The van der Waals surface area contributed by atoms with Crippen molar-refractivity contribution in [2.75, 3.05) is 6.54 Å². The number of rotatable bonds is 3. The Kier molecular flexibility index (Phi) is 3.34. The highest BCUT2D eigenvalue weighted by atomic mass is 16.3. The van der Waals surface area contributed by atoms with Gasteiger partial charge in [-0.15, -0.1) is 0 Å². The molecule has 1 atom stereocenters. The van der Waals surface area contributed by atoms with Gasteiger partial charge in [0, 0.05) is 12.1 Å². The summed E-state index contributed by atoms with van der Waals surface area (Å²) in [7, 11) is 0. The van der Waals surface area contributed by atoms with E-state index in [1.54, 1.807) is 0 Å². The molecule has 3 N–H and O–H groups in total. The zero-order chi connectivity index (χ0) is 11.5. The van der Waals surface area contributed by atoms with Gasteiger partial charge in [-0.05, 0) is 49.4 Å². The highest BCUT2D eigenvalue weighted by molar-refractivity contribution is 5.45. The minimum absolute atomic E-state index is 0.197. The SMILES string of the molecule is CCc1cc(CC2CCCN2)c(O)cc1O. The van der Waals surface area contributed by atoms with Crippen LogP contribution in [-0.4, -0.2) is 22.8 Å². The van der Waals surface area contributed by atoms with E-state index in [9.17, 15) is 10.2 Å². The first-order chi connectivity index (χ1) is 7.70. The van der Waals surface area contributed by atoms with Gasteiger partial charge in [0.05, 0.1) is 0 Å². The molecule has 0 radical (unpaired) electrons. The molecule has 0 aliphatic carbocycles. The number of aryl methyl sites for hydroxylation is 1. The topological polar surface area (TPSA) is 52.5 Å². The van der Waals surface area contributed by atoms with Crippen molar-refractivity contribution < 1.29 is 10.2 Å². The van der Waals surface area contributed by atoms with Crippen LogP contribution in [-0.2, 0) is 12.8 Å². The van der Waals surface area contributed by atoms with Gasteiger partial charge in [-0.3, -0.25) is 0 Å². The largest absolute Gasteiger partial charge is 0.508 e. The number of phenolic OH excluding ortho intramolecular Hbond substituents is 2. The normalized spacial score (nSPS) is 20.2. The van der Waals surface area contributed by atoms with Crippen molar-refractivity contribution in [1.82, 2.24) is 5.32 Å². The van der Waals surface area contributed by atoms with E-state index in [1.165, 1.54) is 18.9 Å². The summed E-state index contributed by atoms with van der Waals surface area (Å²) in [6, 6.07) is 3.86. The summed E-state index contributed by atoms with van der Waals surface area (Å²) in [5, 5.41) is 22.8. The lowest BCUT2D eigenvalue weighted by Gasteiger charge is -2.13. The predicted octanol–water partition coefficient (Wildman–Crippen LogP) is 1.95. The fraction of sp³-hybridized carbons (Fsp3) is 0.538. The molecule has 1 aliphatic rings. The Bertz CT molecular complexity index is 370. The Morgan fingerprint density at radius 3 is 2.62 bits per heavy atom. The van der Waals surface area contributed by atoms with E-state index < -0.39 is 0 Å². The average molecular weight is 221 g/mol. The van der Waals surface area contributed by atoms with E-state index in [0.717, 1.165) is 30.5 Å². The molecule has 88 valence electrons. The second-order valence-electron chi connectivity index (χ2n) is 4.46. The lowest BCUT2D eigenvalue weighted by Crippen LogP contribution is -2.23. The minimum Gasteiger partial charge on any atom is -0.508 e. The zero-order valence-corrected chi connectivity index (χ0v) is 9.66. The van der Waals surface area contributed by atoms with Crippen LogP contribution in [0.1, 0.15) is 30.9 Å². The second-order valence-corrected chi connectivity index (χ2v) is 4.46. The Morgan fingerprint density at radius 2 is 2.00 bits per heavy atom. The van der Waals surface area contributed by atoms with Gasteiger partial charge < -0.3 is 15.5 Å². The third-order valence-electron chi connectivity index (χ3n) is 3.29. The van der Waals surface area contributed by atoms with Crippen molar-refractivity contribution in [3.05, 3.63) is 23.3 Å². The van der Waals surface area contributed by atoms with Crippen molar-refractivity contribution in [2.24, 2.45) is 0 Å². The van der Waals surface area contributed by atoms with Gasteiger partial charge in [0.1, 0.15) is 11.5 Å². The van der Waals surface area contributed by atoms with E-state index in [-0.39, 0.29) is 11.5 Å². The molecule has 1 aromatic rings. The van der Waals surface area contributed by atoms with E-state index in [4.69, 9.17) is 0 Å². The Morgan fingerprint density at radius 1 is 1.25 bits per heavy atom. The zero-order valence-electron chi connectivity index (χ0n) is 9.66. The average Bonchev–Trinajstić information content (AvgIpc) is 2.75. The molecule has 1 fully saturated rings. The van der Waals surface area contributed by atoms with Crippen molar-refractivity contribution in [2.45, 2.75) is 38.6 Å². The molecule has 0 aromatic heterocycles. The van der Waals surface area contributed by atoms with Crippen LogP contribution in [0, 0.1) is 0 Å². The molecule has 3 heteroatoms. The fourth-order valence-corrected chi connectivity index (χ4v) is 2.32. The van der Waals surface area contributed by atoms with Crippen molar-refractivity contribution in [3.8, 4) is 11.5 Å². The van der Waals surface area contributed by atoms with E-state index in [1.807, 2.05) is 13.0 Å². The van der Waals surface area contributed by atoms with Crippen LogP contribution in [0.3, 0.4) is 0 Å². The van der Waals surface area contributed by atoms with Gasteiger partial charge in [-0.25, -0.2) is 0 Å². The molecule has 1 aromatic carbocycles. The summed E-state index contributed by atoms with van der Waals surface area (Å²) < 4.78 is 0.